The summed E-state index contributed by atoms with van der Waals surface area (Å²) in [4.78, 5) is 16.2. The Labute approximate surface area is 110 Å². The Hall–Kier alpha value is -1.63. The summed E-state index contributed by atoms with van der Waals surface area (Å²) in [6.45, 7) is 5.57. The maximum absolute atomic E-state index is 12.1. The van der Waals surface area contributed by atoms with Gasteiger partial charge in [0, 0.05) is 5.38 Å². The van der Waals surface area contributed by atoms with E-state index in [2.05, 4.69) is 15.5 Å². The van der Waals surface area contributed by atoms with Crippen molar-refractivity contribution >= 4 is 23.1 Å². The van der Waals surface area contributed by atoms with Crippen LogP contribution >= 0.6 is 11.3 Å². The summed E-state index contributed by atoms with van der Waals surface area (Å²) in [5.74, 6) is -0.303. The first-order chi connectivity index (χ1) is 8.49. The third-order valence-corrected chi connectivity index (χ3v) is 3.78. The SMILES string of the molecule is CCC(CC)(NC(=O)c1csc(C)n1)C(N)=NO. The summed E-state index contributed by atoms with van der Waals surface area (Å²) in [5.41, 5.74) is 5.20. The zero-order valence-electron chi connectivity index (χ0n) is 10.7. The molecule has 1 heterocycles. The first-order valence-electron chi connectivity index (χ1n) is 5.71. The second-order valence-corrected chi connectivity index (χ2v) is 5.04. The average molecular weight is 270 g/mol. The predicted molar refractivity (Wildman–Crippen MR) is 71.0 cm³/mol. The summed E-state index contributed by atoms with van der Waals surface area (Å²) in [6, 6.07) is 0. The molecule has 0 saturated heterocycles. The fraction of sp³-hybridized carbons (Fsp3) is 0.545. The number of hydrogen-bond acceptors (Lipinski definition) is 5. The van der Waals surface area contributed by atoms with Crippen LogP contribution in [-0.2, 0) is 0 Å². The molecular formula is C11H18N4O2S. The predicted octanol–water partition coefficient (Wildman–Crippen LogP) is 1.49. The first-order valence-corrected chi connectivity index (χ1v) is 6.59. The van der Waals surface area contributed by atoms with Crippen LogP contribution in [0.5, 0.6) is 0 Å². The highest BCUT2D eigenvalue weighted by Crippen LogP contribution is 2.17. The summed E-state index contributed by atoms with van der Waals surface area (Å²) in [6.07, 6.45) is 1.07. The molecule has 0 radical (unpaired) electrons. The molecule has 0 atom stereocenters. The molecule has 0 aromatic carbocycles. The maximum Gasteiger partial charge on any atom is 0.271 e. The molecule has 18 heavy (non-hydrogen) atoms. The van der Waals surface area contributed by atoms with Gasteiger partial charge in [0.05, 0.1) is 5.01 Å². The van der Waals surface area contributed by atoms with E-state index in [-0.39, 0.29) is 11.7 Å². The summed E-state index contributed by atoms with van der Waals surface area (Å²) < 4.78 is 0. The van der Waals surface area contributed by atoms with Gasteiger partial charge in [-0.2, -0.15) is 0 Å². The van der Waals surface area contributed by atoms with E-state index in [0.717, 1.165) is 5.01 Å². The number of amides is 1. The molecule has 0 aliphatic heterocycles. The Bertz CT molecular complexity index is 452. The summed E-state index contributed by atoms with van der Waals surface area (Å²) in [7, 11) is 0. The molecule has 7 heteroatoms. The normalized spacial score (nSPS) is 12.5. The molecule has 0 aliphatic rings. The molecule has 0 aliphatic carbocycles. The zero-order valence-corrected chi connectivity index (χ0v) is 11.5. The fourth-order valence-corrected chi connectivity index (χ4v) is 2.29. The number of hydrogen-bond donors (Lipinski definition) is 3. The topological polar surface area (TPSA) is 101 Å². The molecule has 0 fully saturated rings. The number of amidine groups is 1. The number of nitrogens with zero attached hydrogens (tertiary/aromatic N) is 2. The number of aromatic nitrogens is 1. The van der Waals surface area contributed by atoms with Crippen LogP contribution in [0.1, 0.15) is 42.2 Å². The minimum absolute atomic E-state index is 0.00722. The van der Waals surface area contributed by atoms with E-state index in [1.54, 1.807) is 5.38 Å². The van der Waals surface area contributed by atoms with Gasteiger partial charge in [0.25, 0.3) is 5.91 Å². The zero-order chi connectivity index (χ0) is 13.8. The third-order valence-electron chi connectivity index (χ3n) is 3.01. The van der Waals surface area contributed by atoms with Crippen LogP contribution in [0.15, 0.2) is 10.5 Å². The van der Waals surface area contributed by atoms with Gasteiger partial charge in [-0.05, 0) is 19.8 Å². The van der Waals surface area contributed by atoms with Crippen LogP contribution in [-0.4, -0.2) is 27.5 Å². The van der Waals surface area contributed by atoms with Gasteiger partial charge in [0.1, 0.15) is 11.2 Å². The van der Waals surface area contributed by atoms with Gasteiger partial charge >= 0.3 is 0 Å². The lowest BCUT2D eigenvalue weighted by molar-refractivity contribution is 0.0913. The lowest BCUT2D eigenvalue weighted by atomic mass is 9.91. The van der Waals surface area contributed by atoms with Crippen molar-refractivity contribution in [2.45, 2.75) is 39.2 Å². The molecule has 1 rings (SSSR count). The van der Waals surface area contributed by atoms with E-state index >= 15 is 0 Å². The highest BCUT2D eigenvalue weighted by Gasteiger charge is 2.34. The number of aryl methyl sites for hydroxylation is 1. The van der Waals surface area contributed by atoms with Crippen molar-refractivity contribution in [1.29, 1.82) is 0 Å². The van der Waals surface area contributed by atoms with Gasteiger partial charge in [-0.25, -0.2) is 4.98 Å². The summed E-state index contributed by atoms with van der Waals surface area (Å²) in [5, 5.41) is 17.1. The average Bonchev–Trinajstić information content (AvgIpc) is 2.81. The number of rotatable bonds is 5. The molecule has 1 amide bonds. The van der Waals surface area contributed by atoms with Gasteiger partial charge in [-0.3, -0.25) is 4.79 Å². The lowest BCUT2D eigenvalue weighted by Gasteiger charge is -2.30. The highest BCUT2D eigenvalue weighted by molar-refractivity contribution is 7.09. The van der Waals surface area contributed by atoms with Crippen LogP contribution in [0.2, 0.25) is 0 Å². The molecule has 0 bridgehead atoms. The van der Waals surface area contributed by atoms with Crippen molar-refractivity contribution in [2.75, 3.05) is 0 Å². The van der Waals surface area contributed by atoms with Crippen molar-refractivity contribution in [3.05, 3.63) is 16.1 Å². The molecule has 6 nitrogen and oxygen atoms in total. The number of carbonyl (C=O) groups is 1. The third kappa shape index (κ3) is 2.79. The smallest absolute Gasteiger partial charge is 0.271 e. The van der Waals surface area contributed by atoms with Crippen LogP contribution in [0.3, 0.4) is 0 Å². The molecular weight excluding hydrogens is 252 g/mol. The Balaban J connectivity index is 2.95. The van der Waals surface area contributed by atoms with Crippen LogP contribution in [0.4, 0.5) is 0 Å². The molecule has 1 aromatic rings. The molecule has 1 aromatic heterocycles. The van der Waals surface area contributed by atoms with E-state index in [0.29, 0.717) is 18.5 Å². The van der Waals surface area contributed by atoms with E-state index < -0.39 is 5.54 Å². The Kier molecular flexibility index (Phi) is 4.66. The largest absolute Gasteiger partial charge is 0.409 e. The molecule has 100 valence electrons. The van der Waals surface area contributed by atoms with Gasteiger partial charge < -0.3 is 16.3 Å². The number of thiazole rings is 1. The Morgan fingerprint density at radius 2 is 2.22 bits per heavy atom. The number of nitrogens with two attached hydrogens (primary N) is 1. The summed E-state index contributed by atoms with van der Waals surface area (Å²) >= 11 is 1.41. The quantitative estimate of drug-likeness (QED) is 0.326. The van der Waals surface area contributed by atoms with Gasteiger partial charge in [-0.1, -0.05) is 19.0 Å². The molecule has 0 unspecified atom stereocenters. The maximum atomic E-state index is 12.1. The number of oxime groups is 1. The van der Waals surface area contributed by atoms with E-state index in [1.807, 2.05) is 20.8 Å². The standard InChI is InChI=1S/C11H18N4O2S/c1-4-11(5-2,10(12)15-17)14-9(16)8-6-18-7(3)13-8/h6,17H,4-5H2,1-3H3,(H2,12,15)(H,14,16). The van der Waals surface area contributed by atoms with Gasteiger partial charge in [0.2, 0.25) is 0 Å². The van der Waals surface area contributed by atoms with Crippen LogP contribution in [0.25, 0.3) is 0 Å². The van der Waals surface area contributed by atoms with Crippen molar-refractivity contribution in [3.63, 3.8) is 0 Å². The van der Waals surface area contributed by atoms with Crippen molar-refractivity contribution in [1.82, 2.24) is 10.3 Å². The monoisotopic (exact) mass is 270 g/mol. The number of carbonyl (C=O) groups excluding carboxylic acids is 1. The van der Waals surface area contributed by atoms with Crippen LogP contribution in [0, 0.1) is 6.92 Å². The van der Waals surface area contributed by atoms with Gasteiger partial charge in [0.15, 0.2) is 5.84 Å². The minimum atomic E-state index is -0.830. The van der Waals surface area contributed by atoms with E-state index in [4.69, 9.17) is 10.9 Å². The molecule has 0 saturated carbocycles. The van der Waals surface area contributed by atoms with Gasteiger partial charge in [-0.15, -0.1) is 11.3 Å². The first kappa shape index (κ1) is 14.4. The Morgan fingerprint density at radius 3 is 2.61 bits per heavy atom. The number of nitrogens with one attached hydrogen (secondary N) is 1. The van der Waals surface area contributed by atoms with Crippen molar-refractivity contribution in [2.24, 2.45) is 10.9 Å². The van der Waals surface area contributed by atoms with E-state index in [1.165, 1.54) is 11.3 Å². The molecule has 0 spiro atoms. The Morgan fingerprint density at radius 1 is 1.61 bits per heavy atom. The second-order valence-electron chi connectivity index (χ2n) is 3.98. The van der Waals surface area contributed by atoms with Crippen molar-refractivity contribution in [3.8, 4) is 0 Å². The van der Waals surface area contributed by atoms with Crippen molar-refractivity contribution < 1.29 is 10.0 Å². The van der Waals surface area contributed by atoms with E-state index in [9.17, 15) is 4.79 Å². The molecule has 4 N–H and O–H groups in total. The van der Waals surface area contributed by atoms with Crippen LogP contribution < -0.4 is 11.1 Å². The second kappa shape index (κ2) is 5.81. The fourth-order valence-electron chi connectivity index (χ4n) is 1.70. The lowest BCUT2D eigenvalue weighted by Crippen LogP contribution is -2.56. The highest BCUT2D eigenvalue weighted by atomic mass is 32.1. The minimum Gasteiger partial charge on any atom is -0.409 e.